The highest BCUT2D eigenvalue weighted by Gasteiger charge is 2.33. The van der Waals surface area contributed by atoms with Gasteiger partial charge in [0.1, 0.15) is 6.04 Å². The van der Waals surface area contributed by atoms with Crippen molar-refractivity contribution in [1.29, 1.82) is 0 Å². The summed E-state index contributed by atoms with van der Waals surface area (Å²) in [5.41, 5.74) is 1.21. The number of amides is 2. The third-order valence-electron chi connectivity index (χ3n) is 4.22. The zero-order chi connectivity index (χ0) is 20.1. The van der Waals surface area contributed by atoms with E-state index in [2.05, 4.69) is 16.0 Å². The van der Waals surface area contributed by atoms with Crippen molar-refractivity contribution >= 4 is 63.7 Å². The topological polar surface area (TPSA) is 73.5 Å². The van der Waals surface area contributed by atoms with Crippen molar-refractivity contribution in [3.8, 4) is 0 Å². The number of anilines is 2. The molecule has 1 aliphatic heterocycles. The van der Waals surface area contributed by atoms with Crippen LogP contribution in [-0.4, -0.2) is 41.0 Å². The van der Waals surface area contributed by atoms with Gasteiger partial charge in [-0.2, -0.15) is 0 Å². The average Bonchev–Trinajstić information content (AvgIpc) is 2.68. The minimum Gasteiger partial charge on any atom is -0.353 e. The van der Waals surface area contributed by atoms with Crippen LogP contribution in [0.4, 0.5) is 11.4 Å². The molecular weight excluding hydrogens is 419 g/mol. The highest BCUT2D eigenvalue weighted by Crippen LogP contribution is 2.29. The molecule has 1 aliphatic rings. The van der Waals surface area contributed by atoms with Crippen molar-refractivity contribution in [3.63, 3.8) is 0 Å². The van der Waals surface area contributed by atoms with Crippen molar-refractivity contribution in [1.82, 2.24) is 10.2 Å². The molecule has 0 aromatic heterocycles. The molecule has 6 nitrogen and oxygen atoms in total. The van der Waals surface area contributed by atoms with Crippen LogP contribution in [0, 0.1) is 0 Å². The van der Waals surface area contributed by atoms with Crippen LogP contribution in [0.25, 0.3) is 0 Å². The lowest BCUT2D eigenvalue weighted by molar-refractivity contribution is -0.130. The molecule has 0 spiro atoms. The van der Waals surface area contributed by atoms with Gasteiger partial charge < -0.3 is 20.9 Å². The van der Waals surface area contributed by atoms with Crippen molar-refractivity contribution < 1.29 is 9.59 Å². The number of thiocarbonyl (C=S) groups is 1. The zero-order valence-corrected chi connectivity index (χ0v) is 17.1. The SMILES string of the molecule is O=C(C[C@H]1C(=O)NCCN1C(=S)Nc1ccccc1)Nc1cccc(Cl)c1Cl. The second-order valence-electron chi connectivity index (χ2n) is 6.15. The molecular formula is C19H18Cl2N4O2S. The lowest BCUT2D eigenvalue weighted by Gasteiger charge is -2.36. The van der Waals surface area contributed by atoms with Gasteiger partial charge >= 0.3 is 0 Å². The Balaban J connectivity index is 1.70. The van der Waals surface area contributed by atoms with Gasteiger partial charge in [-0.05, 0) is 36.5 Å². The first kappa shape index (κ1) is 20.4. The Kier molecular flexibility index (Phi) is 6.72. The summed E-state index contributed by atoms with van der Waals surface area (Å²) < 4.78 is 0. The second kappa shape index (κ2) is 9.23. The fraction of sp³-hybridized carbons (Fsp3) is 0.211. The Morgan fingerprint density at radius 2 is 1.89 bits per heavy atom. The van der Waals surface area contributed by atoms with Crippen molar-refractivity contribution in [3.05, 3.63) is 58.6 Å². The van der Waals surface area contributed by atoms with Crippen LogP contribution in [0.2, 0.25) is 10.0 Å². The minimum atomic E-state index is -0.726. The molecule has 2 aromatic carbocycles. The maximum Gasteiger partial charge on any atom is 0.243 e. The number of nitrogens with one attached hydrogen (secondary N) is 3. The normalized spacial score (nSPS) is 16.3. The van der Waals surface area contributed by atoms with E-state index < -0.39 is 6.04 Å². The summed E-state index contributed by atoms with van der Waals surface area (Å²) in [5, 5.41) is 9.57. The first-order chi connectivity index (χ1) is 13.5. The molecule has 0 unspecified atom stereocenters. The highest BCUT2D eigenvalue weighted by molar-refractivity contribution is 7.80. The fourth-order valence-corrected chi connectivity index (χ4v) is 3.54. The summed E-state index contributed by atoms with van der Waals surface area (Å²) in [6.07, 6.45) is -0.0781. The monoisotopic (exact) mass is 436 g/mol. The van der Waals surface area contributed by atoms with Gasteiger partial charge in [-0.25, -0.2) is 0 Å². The maximum atomic E-state index is 12.5. The van der Waals surface area contributed by atoms with Gasteiger partial charge in [-0.3, -0.25) is 9.59 Å². The standard InChI is InChI=1S/C19H18Cl2N4O2S/c20-13-7-4-8-14(17(13)21)24-16(26)11-15-18(27)22-9-10-25(15)19(28)23-12-5-2-1-3-6-12/h1-8,15H,9-11H2,(H,22,27)(H,23,28)(H,24,26)/t15-/m0/s1. The van der Waals surface area contributed by atoms with Crippen LogP contribution in [0.1, 0.15) is 6.42 Å². The first-order valence-electron chi connectivity index (χ1n) is 8.60. The Morgan fingerprint density at radius 1 is 1.14 bits per heavy atom. The van der Waals surface area contributed by atoms with E-state index in [0.29, 0.717) is 28.9 Å². The third kappa shape index (κ3) is 4.92. The van der Waals surface area contributed by atoms with Crippen LogP contribution >= 0.6 is 35.4 Å². The predicted octanol–water partition coefficient (Wildman–Crippen LogP) is 3.52. The molecule has 3 N–H and O–H groups in total. The van der Waals surface area contributed by atoms with Crippen molar-refractivity contribution in [2.75, 3.05) is 23.7 Å². The summed E-state index contributed by atoms with van der Waals surface area (Å²) in [5.74, 6) is -0.616. The van der Waals surface area contributed by atoms with Gasteiger partial charge in [0.05, 0.1) is 22.2 Å². The molecule has 0 aliphatic carbocycles. The van der Waals surface area contributed by atoms with Crippen LogP contribution in [0.15, 0.2) is 48.5 Å². The molecule has 2 aromatic rings. The Labute approximate surface area is 178 Å². The van der Waals surface area contributed by atoms with E-state index in [9.17, 15) is 9.59 Å². The summed E-state index contributed by atoms with van der Waals surface area (Å²) in [7, 11) is 0. The lowest BCUT2D eigenvalue weighted by Crippen LogP contribution is -2.58. The van der Waals surface area contributed by atoms with E-state index in [0.717, 1.165) is 5.69 Å². The predicted molar refractivity (Wildman–Crippen MR) is 116 cm³/mol. The Hall–Kier alpha value is -2.35. The van der Waals surface area contributed by atoms with E-state index in [4.69, 9.17) is 35.4 Å². The van der Waals surface area contributed by atoms with E-state index in [1.165, 1.54) is 0 Å². The smallest absolute Gasteiger partial charge is 0.243 e. The number of piperazine rings is 1. The molecule has 9 heteroatoms. The number of benzene rings is 2. The maximum absolute atomic E-state index is 12.5. The molecule has 28 heavy (non-hydrogen) atoms. The third-order valence-corrected chi connectivity index (χ3v) is 5.38. The number of para-hydroxylation sites is 1. The number of nitrogens with zero attached hydrogens (tertiary/aromatic N) is 1. The molecule has 1 atom stereocenters. The first-order valence-corrected chi connectivity index (χ1v) is 9.76. The molecule has 3 rings (SSSR count). The molecule has 0 bridgehead atoms. The van der Waals surface area contributed by atoms with Gasteiger partial charge in [0.25, 0.3) is 0 Å². The van der Waals surface area contributed by atoms with Gasteiger partial charge in [-0.15, -0.1) is 0 Å². The minimum absolute atomic E-state index is 0.0781. The van der Waals surface area contributed by atoms with Crippen molar-refractivity contribution in [2.45, 2.75) is 12.5 Å². The summed E-state index contributed by atoms with van der Waals surface area (Å²) in [4.78, 5) is 26.7. The van der Waals surface area contributed by atoms with E-state index >= 15 is 0 Å². The number of carbonyl (C=O) groups excluding carboxylic acids is 2. The van der Waals surface area contributed by atoms with Gasteiger partial charge in [0.15, 0.2) is 5.11 Å². The zero-order valence-electron chi connectivity index (χ0n) is 14.7. The quantitative estimate of drug-likeness (QED) is 0.639. The van der Waals surface area contributed by atoms with Crippen LogP contribution in [-0.2, 0) is 9.59 Å². The second-order valence-corrected chi connectivity index (χ2v) is 7.32. The average molecular weight is 437 g/mol. The lowest BCUT2D eigenvalue weighted by atomic mass is 10.1. The van der Waals surface area contributed by atoms with E-state index in [-0.39, 0.29) is 23.3 Å². The molecule has 0 radical (unpaired) electrons. The van der Waals surface area contributed by atoms with Gasteiger partial charge in [-0.1, -0.05) is 47.5 Å². The number of carbonyl (C=O) groups is 2. The highest BCUT2D eigenvalue weighted by atomic mass is 35.5. The number of hydrogen-bond donors (Lipinski definition) is 3. The fourth-order valence-electron chi connectivity index (χ4n) is 2.85. The molecule has 2 amide bonds. The van der Waals surface area contributed by atoms with E-state index in [1.807, 2.05) is 30.3 Å². The molecule has 1 saturated heterocycles. The largest absolute Gasteiger partial charge is 0.353 e. The molecule has 0 saturated carbocycles. The van der Waals surface area contributed by atoms with Crippen molar-refractivity contribution in [2.24, 2.45) is 0 Å². The summed E-state index contributed by atoms with van der Waals surface area (Å²) in [6.45, 7) is 0.952. The van der Waals surface area contributed by atoms with Crippen LogP contribution in [0.3, 0.4) is 0 Å². The molecule has 1 heterocycles. The van der Waals surface area contributed by atoms with Crippen LogP contribution < -0.4 is 16.0 Å². The molecule has 1 fully saturated rings. The van der Waals surface area contributed by atoms with Gasteiger partial charge in [0.2, 0.25) is 11.8 Å². The van der Waals surface area contributed by atoms with Crippen LogP contribution in [0.5, 0.6) is 0 Å². The summed E-state index contributed by atoms with van der Waals surface area (Å²) >= 11 is 17.6. The number of rotatable bonds is 4. The summed E-state index contributed by atoms with van der Waals surface area (Å²) in [6, 6.07) is 13.6. The van der Waals surface area contributed by atoms with Gasteiger partial charge in [0, 0.05) is 18.8 Å². The Bertz CT molecular complexity index is 895. The molecule has 146 valence electrons. The number of halogens is 2. The number of hydrogen-bond acceptors (Lipinski definition) is 3. The van der Waals surface area contributed by atoms with E-state index in [1.54, 1.807) is 23.1 Å². The Morgan fingerprint density at radius 3 is 2.64 bits per heavy atom.